The van der Waals surface area contributed by atoms with E-state index in [-0.39, 0.29) is 18.2 Å². The van der Waals surface area contributed by atoms with Crippen molar-refractivity contribution in [2.24, 2.45) is 5.92 Å². The number of aliphatic hydroxyl groups excluding tert-OH is 1. The van der Waals surface area contributed by atoms with Gasteiger partial charge in [0.2, 0.25) is 5.91 Å². The summed E-state index contributed by atoms with van der Waals surface area (Å²) in [5.41, 5.74) is 2.16. The van der Waals surface area contributed by atoms with E-state index in [9.17, 15) is 9.90 Å². The number of hydrogen-bond donors (Lipinski definition) is 3. The Morgan fingerprint density at radius 1 is 1.43 bits per heavy atom. The van der Waals surface area contributed by atoms with Crippen LogP contribution in [0.25, 0.3) is 10.9 Å². The Morgan fingerprint density at radius 3 is 2.90 bits per heavy atom. The summed E-state index contributed by atoms with van der Waals surface area (Å²) in [4.78, 5) is 14.9. The normalized spacial score (nSPS) is 12.8. The molecule has 21 heavy (non-hydrogen) atoms. The molecular weight excluding hydrogens is 288 g/mol. The van der Waals surface area contributed by atoms with Crippen molar-refractivity contribution in [1.82, 2.24) is 10.3 Å². The largest absolute Gasteiger partial charge is 0.392 e. The van der Waals surface area contributed by atoms with Crippen LogP contribution >= 0.6 is 11.6 Å². The topological polar surface area (TPSA) is 65.1 Å². The molecule has 0 aliphatic heterocycles. The van der Waals surface area contributed by atoms with Gasteiger partial charge in [-0.25, -0.2) is 0 Å². The van der Waals surface area contributed by atoms with Gasteiger partial charge < -0.3 is 15.4 Å². The van der Waals surface area contributed by atoms with Gasteiger partial charge in [0.1, 0.15) is 0 Å². The van der Waals surface area contributed by atoms with Crippen molar-refractivity contribution >= 4 is 28.4 Å². The molecule has 1 aromatic heterocycles. The zero-order valence-electron chi connectivity index (χ0n) is 12.3. The number of H-pyrrole nitrogens is 1. The molecule has 3 N–H and O–H groups in total. The zero-order valence-corrected chi connectivity index (χ0v) is 13.1. The summed E-state index contributed by atoms with van der Waals surface area (Å²) in [6.07, 6.45) is 2.23. The lowest BCUT2D eigenvalue weighted by atomic mass is 10.0. The van der Waals surface area contributed by atoms with E-state index in [0.29, 0.717) is 11.6 Å². The fourth-order valence-electron chi connectivity index (χ4n) is 2.19. The minimum Gasteiger partial charge on any atom is -0.392 e. The third-order valence-electron chi connectivity index (χ3n) is 3.61. The maximum Gasteiger partial charge on any atom is 0.222 e. The van der Waals surface area contributed by atoms with E-state index in [1.807, 2.05) is 38.2 Å². The summed E-state index contributed by atoms with van der Waals surface area (Å²) in [5.74, 6) is -0.0272. The van der Waals surface area contributed by atoms with Gasteiger partial charge in [-0.05, 0) is 36.1 Å². The SMILES string of the molecule is CC(C)C(O)CC(=O)NCCc1c[nH]c2ccc(Cl)cc12. The van der Waals surface area contributed by atoms with Crippen LogP contribution in [0.1, 0.15) is 25.8 Å². The summed E-state index contributed by atoms with van der Waals surface area (Å²) in [5, 5.41) is 14.3. The molecule has 5 heteroatoms. The van der Waals surface area contributed by atoms with E-state index in [1.165, 1.54) is 0 Å². The van der Waals surface area contributed by atoms with Gasteiger partial charge in [-0.3, -0.25) is 4.79 Å². The second-order valence-electron chi connectivity index (χ2n) is 5.62. The molecule has 114 valence electrons. The van der Waals surface area contributed by atoms with Gasteiger partial charge in [0.15, 0.2) is 0 Å². The first-order valence-electron chi connectivity index (χ1n) is 7.17. The number of rotatable bonds is 6. The number of hydrogen-bond acceptors (Lipinski definition) is 2. The number of halogens is 1. The maximum absolute atomic E-state index is 11.7. The van der Waals surface area contributed by atoms with Gasteiger partial charge in [0.25, 0.3) is 0 Å². The highest BCUT2D eigenvalue weighted by atomic mass is 35.5. The predicted octanol–water partition coefficient (Wildman–Crippen LogP) is 2.89. The standard InChI is InChI=1S/C16H21ClN2O2/c1-10(2)15(20)8-16(21)18-6-5-11-9-19-14-4-3-12(17)7-13(11)14/h3-4,7,9-10,15,19-20H,5-6,8H2,1-2H3,(H,18,21). The van der Waals surface area contributed by atoms with E-state index in [0.717, 1.165) is 22.9 Å². The van der Waals surface area contributed by atoms with E-state index < -0.39 is 6.10 Å². The maximum atomic E-state index is 11.7. The van der Waals surface area contributed by atoms with Crippen molar-refractivity contribution in [3.8, 4) is 0 Å². The zero-order chi connectivity index (χ0) is 15.4. The molecule has 0 radical (unpaired) electrons. The van der Waals surface area contributed by atoms with Crippen molar-refractivity contribution in [2.45, 2.75) is 32.8 Å². The number of fused-ring (bicyclic) bond motifs is 1. The average Bonchev–Trinajstić information content (AvgIpc) is 2.81. The number of amides is 1. The van der Waals surface area contributed by atoms with Gasteiger partial charge in [-0.15, -0.1) is 0 Å². The van der Waals surface area contributed by atoms with Crippen molar-refractivity contribution in [2.75, 3.05) is 6.54 Å². The third kappa shape index (κ3) is 4.22. The first-order chi connectivity index (χ1) is 9.97. The number of aromatic nitrogens is 1. The smallest absolute Gasteiger partial charge is 0.222 e. The van der Waals surface area contributed by atoms with Crippen molar-refractivity contribution in [3.63, 3.8) is 0 Å². The van der Waals surface area contributed by atoms with Gasteiger partial charge >= 0.3 is 0 Å². The monoisotopic (exact) mass is 308 g/mol. The molecule has 0 bridgehead atoms. The Balaban J connectivity index is 1.88. The number of aliphatic hydroxyl groups is 1. The van der Waals surface area contributed by atoms with Crippen LogP contribution < -0.4 is 5.32 Å². The lowest BCUT2D eigenvalue weighted by Gasteiger charge is -2.13. The summed E-state index contributed by atoms with van der Waals surface area (Å²) in [6, 6.07) is 5.71. The van der Waals surface area contributed by atoms with E-state index in [4.69, 9.17) is 11.6 Å². The number of carbonyl (C=O) groups is 1. The Kier molecular flexibility index (Phi) is 5.26. The fourth-order valence-corrected chi connectivity index (χ4v) is 2.36. The lowest BCUT2D eigenvalue weighted by molar-refractivity contribution is -0.123. The molecule has 1 atom stereocenters. The van der Waals surface area contributed by atoms with Crippen LogP contribution in [-0.2, 0) is 11.2 Å². The molecule has 0 saturated carbocycles. The van der Waals surface area contributed by atoms with Crippen molar-refractivity contribution in [3.05, 3.63) is 35.0 Å². The van der Waals surface area contributed by atoms with Crippen LogP contribution in [-0.4, -0.2) is 28.6 Å². The van der Waals surface area contributed by atoms with Crippen LogP contribution in [0.2, 0.25) is 5.02 Å². The Hall–Kier alpha value is -1.52. The first-order valence-corrected chi connectivity index (χ1v) is 7.55. The fraction of sp³-hybridized carbons (Fsp3) is 0.438. The minimum atomic E-state index is -0.586. The number of carbonyl (C=O) groups excluding carboxylic acids is 1. The van der Waals surface area contributed by atoms with E-state index in [1.54, 1.807) is 0 Å². The minimum absolute atomic E-state index is 0.0894. The summed E-state index contributed by atoms with van der Waals surface area (Å²) >= 11 is 6.01. The molecule has 2 rings (SSSR count). The molecule has 1 heterocycles. The van der Waals surface area contributed by atoms with Gasteiger partial charge in [-0.1, -0.05) is 25.4 Å². The lowest BCUT2D eigenvalue weighted by Crippen LogP contribution is -2.30. The Morgan fingerprint density at radius 2 is 2.19 bits per heavy atom. The molecule has 0 aliphatic carbocycles. The number of nitrogens with one attached hydrogen (secondary N) is 2. The Bertz CT molecular complexity index is 622. The summed E-state index contributed by atoms with van der Waals surface area (Å²) < 4.78 is 0. The second kappa shape index (κ2) is 6.96. The molecule has 0 aliphatic rings. The van der Waals surface area contributed by atoms with Gasteiger partial charge in [0.05, 0.1) is 12.5 Å². The Labute approximate surface area is 129 Å². The van der Waals surface area contributed by atoms with E-state index in [2.05, 4.69) is 10.3 Å². The van der Waals surface area contributed by atoms with Crippen molar-refractivity contribution < 1.29 is 9.90 Å². The highest BCUT2D eigenvalue weighted by molar-refractivity contribution is 6.31. The second-order valence-corrected chi connectivity index (χ2v) is 6.06. The predicted molar refractivity (Wildman–Crippen MR) is 85.5 cm³/mol. The number of benzene rings is 1. The molecule has 4 nitrogen and oxygen atoms in total. The highest BCUT2D eigenvalue weighted by Crippen LogP contribution is 2.22. The molecule has 2 aromatic rings. The van der Waals surface area contributed by atoms with Crippen LogP contribution in [0, 0.1) is 5.92 Å². The summed E-state index contributed by atoms with van der Waals surface area (Å²) in [6.45, 7) is 4.34. The molecule has 0 spiro atoms. The van der Waals surface area contributed by atoms with Crippen LogP contribution in [0.15, 0.2) is 24.4 Å². The third-order valence-corrected chi connectivity index (χ3v) is 3.85. The summed E-state index contributed by atoms with van der Waals surface area (Å²) in [7, 11) is 0. The molecule has 0 saturated heterocycles. The van der Waals surface area contributed by atoms with Gasteiger partial charge in [0, 0.05) is 28.7 Å². The number of aromatic amines is 1. The molecule has 1 unspecified atom stereocenters. The molecule has 0 fully saturated rings. The highest BCUT2D eigenvalue weighted by Gasteiger charge is 2.14. The molecule has 1 amide bonds. The molecule has 1 aromatic carbocycles. The quantitative estimate of drug-likeness (QED) is 0.768. The first kappa shape index (κ1) is 15.9. The molecular formula is C16H21ClN2O2. The average molecular weight is 309 g/mol. The van der Waals surface area contributed by atoms with Gasteiger partial charge in [-0.2, -0.15) is 0 Å². The van der Waals surface area contributed by atoms with Crippen LogP contribution in [0.5, 0.6) is 0 Å². The van der Waals surface area contributed by atoms with Crippen LogP contribution in [0.3, 0.4) is 0 Å². The van der Waals surface area contributed by atoms with Crippen LogP contribution in [0.4, 0.5) is 0 Å². The van der Waals surface area contributed by atoms with Crippen molar-refractivity contribution in [1.29, 1.82) is 0 Å². The van der Waals surface area contributed by atoms with E-state index >= 15 is 0 Å².